The number of anilines is 1. The molecule has 1 aliphatic carbocycles. The molecule has 114 valence electrons. The average Bonchev–Trinajstić information content (AvgIpc) is 2.47. The second kappa shape index (κ2) is 5.94. The summed E-state index contributed by atoms with van der Waals surface area (Å²) >= 11 is 0. The van der Waals surface area contributed by atoms with Crippen molar-refractivity contribution in [2.45, 2.75) is 43.8 Å². The molecule has 0 bridgehead atoms. The topological polar surface area (TPSA) is 56.0 Å². The first-order valence-corrected chi connectivity index (χ1v) is 6.91. The van der Waals surface area contributed by atoms with Crippen LogP contribution >= 0.6 is 0 Å². The summed E-state index contributed by atoms with van der Waals surface area (Å²) in [4.78, 5) is 0. The predicted octanol–water partition coefficient (Wildman–Crippen LogP) is 3.68. The highest BCUT2D eigenvalue weighted by Crippen LogP contribution is 2.36. The fraction of sp³-hybridized carbons (Fsp3) is 0.533. The number of alkyl halides is 3. The van der Waals surface area contributed by atoms with Gasteiger partial charge in [-0.2, -0.15) is 18.4 Å². The second-order valence-corrected chi connectivity index (χ2v) is 5.49. The Bertz CT molecular complexity index is 543. The zero-order valence-corrected chi connectivity index (χ0v) is 11.5. The summed E-state index contributed by atoms with van der Waals surface area (Å²) in [7, 11) is 0. The number of hydrogen-bond acceptors (Lipinski definition) is 3. The fourth-order valence-corrected chi connectivity index (χ4v) is 2.81. The number of aliphatic hydroxyl groups excluding tert-OH is 1. The largest absolute Gasteiger partial charge is 0.417 e. The van der Waals surface area contributed by atoms with E-state index in [1.54, 1.807) is 6.07 Å². The van der Waals surface area contributed by atoms with Crippen molar-refractivity contribution < 1.29 is 18.3 Å². The maximum Gasteiger partial charge on any atom is 0.417 e. The normalized spacial score (nSPS) is 18.0. The Labute approximate surface area is 121 Å². The van der Waals surface area contributed by atoms with E-state index in [-0.39, 0.29) is 12.3 Å². The number of halogens is 3. The lowest BCUT2D eigenvalue weighted by Gasteiger charge is -2.37. The van der Waals surface area contributed by atoms with Crippen molar-refractivity contribution >= 4 is 5.69 Å². The van der Waals surface area contributed by atoms with E-state index in [0.717, 1.165) is 38.2 Å². The van der Waals surface area contributed by atoms with Crippen molar-refractivity contribution in [3.8, 4) is 6.07 Å². The van der Waals surface area contributed by atoms with E-state index >= 15 is 0 Å². The average molecular weight is 298 g/mol. The Kier molecular flexibility index (Phi) is 4.43. The lowest BCUT2D eigenvalue weighted by Crippen LogP contribution is -2.43. The van der Waals surface area contributed by atoms with E-state index in [0.29, 0.717) is 0 Å². The minimum Gasteiger partial charge on any atom is -0.394 e. The molecule has 0 saturated heterocycles. The maximum atomic E-state index is 12.9. The Morgan fingerprint density at radius 3 is 2.43 bits per heavy atom. The molecule has 6 heteroatoms. The third-order valence-electron chi connectivity index (χ3n) is 3.97. The number of benzene rings is 1. The fourth-order valence-electron chi connectivity index (χ4n) is 2.81. The lowest BCUT2D eigenvalue weighted by molar-refractivity contribution is -0.137. The standard InChI is InChI=1S/C15H17F3N2O/c16-15(17,18)13-8-12(5-4-11(13)9-19)20-14(10-21)6-2-1-3-7-14/h4-5,8,20-21H,1-3,6-7,10H2. The Hall–Kier alpha value is -1.74. The molecule has 0 radical (unpaired) electrons. The van der Waals surface area contributed by atoms with E-state index in [1.807, 2.05) is 0 Å². The van der Waals surface area contributed by atoms with Crippen LogP contribution in [0.3, 0.4) is 0 Å². The van der Waals surface area contributed by atoms with Crippen molar-refractivity contribution in [2.75, 3.05) is 11.9 Å². The van der Waals surface area contributed by atoms with Gasteiger partial charge >= 0.3 is 6.18 Å². The molecule has 2 rings (SSSR count). The second-order valence-electron chi connectivity index (χ2n) is 5.49. The van der Waals surface area contributed by atoms with Crippen LogP contribution in [0.15, 0.2) is 18.2 Å². The van der Waals surface area contributed by atoms with Gasteiger partial charge < -0.3 is 10.4 Å². The third-order valence-corrected chi connectivity index (χ3v) is 3.97. The van der Waals surface area contributed by atoms with Gasteiger partial charge in [-0.3, -0.25) is 0 Å². The van der Waals surface area contributed by atoms with Crippen LogP contribution in [0.4, 0.5) is 18.9 Å². The number of hydrogen-bond donors (Lipinski definition) is 2. The summed E-state index contributed by atoms with van der Waals surface area (Å²) in [6.07, 6.45) is -0.159. The minimum atomic E-state index is -4.57. The molecule has 0 amide bonds. The van der Waals surface area contributed by atoms with Crippen molar-refractivity contribution in [2.24, 2.45) is 0 Å². The quantitative estimate of drug-likeness (QED) is 0.895. The highest BCUT2D eigenvalue weighted by molar-refractivity contribution is 5.54. The van der Waals surface area contributed by atoms with Crippen molar-refractivity contribution in [1.82, 2.24) is 0 Å². The molecule has 0 spiro atoms. The molecule has 2 N–H and O–H groups in total. The molecule has 0 aliphatic heterocycles. The van der Waals surface area contributed by atoms with Crippen molar-refractivity contribution in [1.29, 1.82) is 5.26 Å². The summed E-state index contributed by atoms with van der Waals surface area (Å²) in [6, 6.07) is 5.13. The van der Waals surface area contributed by atoms with Crippen LogP contribution in [0.1, 0.15) is 43.2 Å². The number of nitrogens with zero attached hydrogens (tertiary/aromatic N) is 1. The minimum absolute atomic E-state index is 0.117. The highest BCUT2D eigenvalue weighted by atomic mass is 19.4. The van der Waals surface area contributed by atoms with Crippen LogP contribution in [0.2, 0.25) is 0 Å². The Morgan fingerprint density at radius 2 is 1.90 bits per heavy atom. The van der Waals surface area contributed by atoms with Gasteiger partial charge in [0.05, 0.1) is 29.3 Å². The van der Waals surface area contributed by atoms with Crippen LogP contribution in [0.25, 0.3) is 0 Å². The van der Waals surface area contributed by atoms with Gasteiger partial charge in [0.1, 0.15) is 0 Å². The number of nitriles is 1. The van der Waals surface area contributed by atoms with Crippen molar-refractivity contribution in [3.63, 3.8) is 0 Å². The zero-order chi connectivity index (χ0) is 15.5. The molecule has 1 aromatic carbocycles. The first kappa shape index (κ1) is 15.6. The Balaban J connectivity index is 2.30. The van der Waals surface area contributed by atoms with Gasteiger partial charge in [-0.05, 0) is 31.0 Å². The maximum absolute atomic E-state index is 12.9. The van der Waals surface area contributed by atoms with Crippen LogP contribution in [-0.2, 0) is 6.18 Å². The molecule has 1 saturated carbocycles. The molecule has 0 atom stereocenters. The van der Waals surface area contributed by atoms with Crippen LogP contribution in [0, 0.1) is 11.3 Å². The van der Waals surface area contributed by atoms with Gasteiger partial charge in [-0.15, -0.1) is 0 Å². The van der Waals surface area contributed by atoms with E-state index in [1.165, 1.54) is 12.1 Å². The summed E-state index contributed by atoms with van der Waals surface area (Å²) in [5.74, 6) is 0. The van der Waals surface area contributed by atoms with Crippen molar-refractivity contribution in [3.05, 3.63) is 29.3 Å². The number of rotatable bonds is 3. The molecule has 0 heterocycles. The first-order chi connectivity index (χ1) is 9.90. The Morgan fingerprint density at radius 1 is 1.24 bits per heavy atom. The summed E-state index contributed by atoms with van der Waals surface area (Å²) in [5.41, 5.74) is -1.61. The first-order valence-electron chi connectivity index (χ1n) is 6.91. The molecule has 3 nitrogen and oxygen atoms in total. The summed E-state index contributed by atoms with van der Waals surface area (Å²) in [5, 5.41) is 21.4. The molecule has 1 aromatic rings. The smallest absolute Gasteiger partial charge is 0.394 e. The van der Waals surface area contributed by atoms with E-state index < -0.39 is 22.8 Å². The monoisotopic (exact) mass is 298 g/mol. The molecular weight excluding hydrogens is 281 g/mol. The van der Waals surface area contributed by atoms with E-state index in [9.17, 15) is 18.3 Å². The summed E-state index contributed by atoms with van der Waals surface area (Å²) < 4.78 is 38.8. The zero-order valence-electron chi connectivity index (χ0n) is 11.5. The van der Waals surface area contributed by atoms with Gasteiger partial charge in [0.25, 0.3) is 0 Å². The van der Waals surface area contributed by atoms with Gasteiger partial charge in [-0.25, -0.2) is 0 Å². The number of nitrogens with one attached hydrogen (secondary N) is 1. The molecule has 0 unspecified atom stereocenters. The molecule has 1 aliphatic rings. The van der Waals surface area contributed by atoms with Crippen LogP contribution in [-0.4, -0.2) is 17.3 Å². The molecule has 0 aromatic heterocycles. The third kappa shape index (κ3) is 3.48. The SMILES string of the molecule is N#Cc1ccc(NC2(CO)CCCCC2)cc1C(F)(F)F. The molecular formula is C15H17F3N2O. The lowest BCUT2D eigenvalue weighted by atomic mass is 9.82. The molecule has 1 fully saturated rings. The summed E-state index contributed by atoms with van der Waals surface area (Å²) in [6.45, 7) is -0.117. The van der Waals surface area contributed by atoms with Gasteiger partial charge in [0, 0.05) is 5.69 Å². The van der Waals surface area contributed by atoms with E-state index in [4.69, 9.17) is 5.26 Å². The van der Waals surface area contributed by atoms with Gasteiger partial charge in [0.2, 0.25) is 0 Å². The highest BCUT2D eigenvalue weighted by Gasteiger charge is 2.35. The van der Waals surface area contributed by atoms with Gasteiger partial charge in [-0.1, -0.05) is 19.3 Å². The number of aliphatic hydroxyl groups is 1. The predicted molar refractivity (Wildman–Crippen MR) is 72.7 cm³/mol. The van der Waals surface area contributed by atoms with Crippen LogP contribution in [0.5, 0.6) is 0 Å². The molecule has 21 heavy (non-hydrogen) atoms. The van der Waals surface area contributed by atoms with Gasteiger partial charge in [0.15, 0.2) is 0 Å². The van der Waals surface area contributed by atoms with E-state index in [2.05, 4.69) is 5.32 Å². The van der Waals surface area contributed by atoms with Crippen LogP contribution < -0.4 is 5.32 Å².